The van der Waals surface area contributed by atoms with Crippen molar-refractivity contribution in [3.63, 3.8) is 0 Å². The SMILES string of the molecule is COc1cc(NC(=O)c2ccc3ccccc3c2)ccc1-c1ccc(CO)o1. The molecule has 4 aromatic rings. The van der Waals surface area contributed by atoms with Gasteiger partial charge in [-0.05, 0) is 47.2 Å². The first-order chi connectivity index (χ1) is 13.7. The number of benzene rings is 3. The van der Waals surface area contributed by atoms with Crippen LogP contribution < -0.4 is 10.1 Å². The zero-order chi connectivity index (χ0) is 19.5. The molecule has 5 heteroatoms. The molecule has 0 unspecified atom stereocenters. The van der Waals surface area contributed by atoms with Crippen molar-refractivity contribution in [3.8, 4) is 17.1 Å². The van der Waals surface area contributed by atoms with Gasteiger partial charge in [0.05, 0.1) is 12.7 Å². The molecule has 1 aromatic heterocycles. The fourth-order valence-corrected chi connectivity index (χ4v) is 3.11. The third kappa shape index (κ3) is 3.48. The van der Waals surface area contributed by atoms with Crippen molar-refractivity contribution in [2.45, 2.75) is 6.61 Å². The van der Waals surface area contributed by atoms with Crippen LogP contribution in [-0.4, -0.2) is 18.1 Å². The van der Waals surface area contributed by atoms with Gasteiger partial charge < -0.3 is 19.6 Å². The monoisotopic (exact) mass is 373 g/mol. The first-order valence-electron chi connectivity index (χ1n) is 8.86. The second kappa shape index (κ2) is 7.58. The minimum absolute atomic E-state index is 0.164. The predicted octanol–water partition coefficient (Wildman–Crippen LogP) is 4.85. The van der Waals surface area contributed by atoms with Gasteiger partial charge in [-0.25, -0.2) is 0 Å². The molecule has 3 aromatic carbocycles. The lowest BCUT2D eigenvalue weighted by Crippen LogP contribution is -2.11. The first-order valence-corrected chi connectivity index (χ1v) is 8.86. The van der Waals surface area contributed by atoms with Crippen molar-refractivity contribution in [2.24, 2.45) is 0 Å². The van der Waals surface area contributed by atoms with E-state index in [0.717, 1.165) is 16.3 Å². The van der Waals surface area contributed by atoms with Crippen molar-refractivity contribution in [1.82, 2.24) is 0 Å². The van der Waals surface area contributed by atoms with Gasteiger partial charge in [0.2, 0.25) is 0 Å². The van der Waals surface area contributed by atoms with Gasteiger partial charge in [0, 0.05) is 17.3 Å². The maximum Gasteiger partial charge on any atom is 0.255 e. The highest BCUT2D eigenvalue weighted by atomic mass is 16.5. The number of carbonyl (C=O) groups excluding carboxylic acids is 1. The summed E-state index contributed by atoms with van der Waals surface area (Å²) in [6, 6.07) is 22.4. The van der Waals surface area contributed by atoms with E-state index in [0.29, 0.717) is 28.5 Å². The fraction of sp³-hybridized carbons (Fsp3) is 0.0870. The van der Waals surface area contributed by atoms with Crippen molar-refractivity contribution in [1.29, 1.82) is 0 Å². The summed E-state index contributed by atoms with van der Waals surface area (Å²) >= 11 is 0. The summed E-state index contributed by atoms with van der Waals surface area (Å²) in [5.74, 6) is 1.44. The van der Waals surface area contributed by atoms with Crippen LogP contribution in [0, 0.1) is 0 Å². The number of ether oxygens (including phenoxy) is 1. The van der Waals surface area contributed by atoms with Crippen LogP contribution in [0.3, 0.4) is 0 Å². The molecule has 0 bridgehead atoms. The van der Waals surface area contributed by atoms with Crippen LogP contribution >= 0.6 is 0 Å². The van der Waals surface area contributed by atoms with Gasteiger partial charge in [-0.3, -0.25) is 4.79 Å². The predicted molar refractivity (Wildman–Crippen MR) is 109 cm³/mol. The zero-order valence-electron chi connectivity index (χ0n) is 15.3. The number of hydrogen-bond acceptors (Lipinski definition) is 4. The molecule has 0 spiro atoms. The molecule has 5 nitrogen and oxygen atoms in total. The van der Waals surface area contributed by atoms with E-state index in [1.165, 1.54) is 0 Å². The van der Waals surface area contributed by atoms with Crippen LogP contribution in [0.1, 0.15) is 16.1 Å². The molecule has 0 fully saturated rings. The molecular weight excluding hydrogens is 354 g/mol. The summed E-state index contributed by atoms with van der Waals surface area (Å²) in [6.07, 6.45) is 0. The summed E-state index contributed by atoms with van der Waals surface area (Å²) in [6.45, 7) is -0.164. The summed E-state index contributed by atoms with van der Waals surface area (Å²) in [5, 5.41) is 14.2. The Morgan fingerprint density at radius 2 is 1.82 bits per heavy atom. The molecule has 0 radical (unpaired) electrons. The number of methoxy groups -OCH3 is 1. The van der Waals surface area contributed by atoms with Crippen molar-refractivity contribution in [3.05, 3.63) is 84.1 Å². The minimum atomic E-state index is -0.193. The van der Waals surface area contributed by atoms with Crippen molar-refractivity contribution in [2.75, 3.05) is 12.4 Å². The van der Waals surface area contributed by atoms with Gasteiger partial charge in [-0.1, -0.05) is 30.3 Å². The van der Waals surface area contributed by atoms with Gasteiger partial charge in [0.1, 0.15) is 23.9 Å². The molecule has 140 valence electrons. The highest BCUT2D eigenvalue weighted by molar-refractivity contribution is 6.06. The maximum absolute atomic E-state index is 12.7. The van der Waals surface area contributed by atoms with Crippen LogP contribution in [-0.2, 0) is 6.61 Å². The van der Waals surface area contributed by atoms with E-state index in [-0.39, 0.29) is 12.5 Å². The summed E-state index contributed by atoms with van der Waals surface area (Å²) in [4.78, 5) is 12.7. The van der Waals surface area contributed by atoms with Crippen molar-refractivity contribution < 1.29 is 19.1 Å². The Morgan fingerprint density at radius 1 is 1.00 bits per heavy atom. The Kier molecular flexibility index (Phi) is 4.83. The lowest BCUT2D eigenvalue weighted by atomic mass is 10.1. The van der Waals surface area contributed by atoms with Gasteiger partial charge in [0.15, 0.2) is 0 Å². The van der Waals surface area contributed by atoms with Crippen LogP contribution in [0.15, 0.2) is 77.2 Å². The lowest BCUT2D eigenvalue weighted by molar-refractivity contribution is 0.102. The van der Waals surface area contributed by atoms with Crippen LogP contribution in [0.5, 0.6) is 5.75 Å². The van der Waals surface area contributed by atoms with Crippen molar-refractivity contribution >= 4 is 22.4 Å². The average Bonchev–Trinajstić information content (AvgIpc) is 3.22. The Labute approximate surface area is 162 Å². The molecule has 0 aliphatic rings. The minimum Gasteiger partial charge on any atom is -0.496 e. The van der Waals surface area contributed by atoms with Crippen LogP contribution in [0.4, 0.5) is 5.69 Å². The maximum atomic E-state index is 12.7. The number of furan rings is 1. The average molecular weight is 373 g/mol. The fourth-order valence-electron chi connectivity index (χ4n) is 3.11. The molecule has 0 atom stereocenters. The number of rotatable bonds is 5. The molecule has 28 heavy (non-hydrogen) atoms. The Bertz CT molecular complexity index is 1150. The molecule has 4 rings (SSSR count). The molecule has 0 saturated heterocycles. The van der Waals surface area contributed by atoms with Gasteiger partial charge >= 0.3 is 0 Å². The van der Waals surface area contributed by atoms with E-state index in [1.54, 1.807) is 31.4 Å². The van der Waals surface area contributed by atoms with E-state index in [9.17, 15) is 4.79 Å². The summed E-state index contributed by atoms with van der Waals surface area (Å²) < 4.78 is 11.0. The summed E-state index contributed by atoms with van der Waals surface area (Å²) in [5.41, 5.74) is 1.94. The summed E-state index contributed by atoms with van der Waals surface area (Å²) in [7, 11) is 1.56. The van der Waals surface area contributed by atoms with Gasteiger partial charge in [-0.2, -0.15) is 0 Å². The normalized spacial score (nSPS) is 10.8. The number of aliphatic hydroxyl groups is 1. The highest BCUT2D eigenvalue weighted by Gasteiger charge is 2.13. The third-order valence-corrected chi connectivity index (χ3v) is 4.55. The topological polar surface area (TPSA) is 71.7 Å². The largest absolute Gasteiger partial charge is 0.496 e. The molecule has 1 amide bonds. The van der Waals surface area contributed by atoms with E-state index < -0.39 is 0 Å². The second-order valence-electron chi connectivity index (χ2n) is 6.36. The zero-order valence-corrected chi connectivity index (χ0v) is 15.3. The lowest BCUT2D eigenvalue weighted by Gasteiger charge is -2.11. The molecular formula is C23H19NO4. The van der Waals surface area contributed by atoms with E-state index in [2.05, 4.69) is 5.32 Å². The molecule has 0 saturated carbocycles. The smallest absolute Gasteiger partial charge is 0.255 e. The number of carbonyl (C=O) groups is 1. The molecule has 0 aliphatic carbocycles. The number of aliphatic hydroxyl groups excluding tert-OH is 1. The Hall–Kier alpha value is -3.57. The van der Waals surface area contributed by atoms with E-state index in [1.807, 2.05) is 48.5 Å². The molecule has 0 aliphatic heterocycles. The van der Waals surface area contributed by atoms with E-state index >= 15 is 0 Å². The second-order valence-corrected chi connectivity index (χ2v) is 6.36. The van der Waals surface area contributed by atoms with Gasteiger partial charge in [0.25, 0.3) is 5.91 Å². The highest BCUT2D eigenvalue weighted by Crippen LogP contribution is 2.33. The number of nitrogens with one attached hydrogen (secondary N) is 1. The Balaban J connectivity index is 1.59. The number of amides is 1. The van der Waals surface area contributed by atoms with Gasteiger partial charge in [-0.15, -0.1) is 0 Å². The Morgan fingerprint density at radius 3 is 2.57 bits per heavy atom. The third-order valence-electron chi connectivity index (χ3n) is 4.55. The van der Waals surface area contributed by atoms with Crippen LogP contribution in [0.25, 0.3) is 22.1 Å². The standard InChI is InChI=1S/C23H19NO4/c1-27-22-13-18(8-10-20(22)21-11-9-19(14-25)28-21)24-23(26)17-7-6-15-4-2-3-5-16(15)12-17/h2-13,25H,14H2,1H3,(H,24,26). The number of fused-ring (bicyclic) bond motifs is 1. The number of hydrogen-bond donors (Lipinski definition) is 2. The molecule has 1 heterocycles. The van der Waals surface area contributed by atoms with E-state index in [4.69, 9.17) is 14.3 Å². The van der Waals surface area contributed by atoms with Crippen LogP contribution in [0.2, 0.25) is 0 Å². The molecule has 2 N–H and O–H groups in total. The number of anilines is 1. The quantitative estimate of drug-likeness (QED) is 0.524. The first kappa shape index (κ1) is 17.8.